The smallest absolute Gasteiger partial charge is 0.119 e. The molecule has 110 valence electrons. The van der Waals surface area contributed by atoms with Gasteiger partial charge in [-0.15, -0.1) is 6.58 Å². The van der Waals surface area contributed by atoms with Crippen LogP contribution in [0.1, 0.15) is 45.6 Å². The van der Waals surface area contributed by atoms with Crippen molar-refractivity contribution in [3.05, 3.63) is 42.5 Å². The zero-order chi connectivity index (χ0) is 14.5. The standard InChI is InChI=1S/C19H28O/c1-5-6-16-8-10-17(11-9-16)20-19-13-15(4)7-12-18(19)14(2)3/h5,8-11,14-15,18-19H,1,6-7,12-13H2,2-4H3/t15-,18+,19-/m0/s1. The molecule has 1 aliphatic carbocycles. The zero-order valence-corrected chi connectivity index (χ0v) is 13.1. The molecule has 1 aromatic carbocycles. The Hall–Kier alpha value is -1.24. The van der Waals surface area contributed by atoms with E-state index in [1.54, 1.807) is 0 Å². The molecule has 0 heterocycles. The first-order valence-electron chi connectivity index (χ1n) is 7.96. The van der Waals surface area contributed by atoms with E-state index < -0.39 is 0 Å². The van der Waals surface area contributed by atoms with Gasteiger partial charge >= 0.3 is 0 Å². The zero-order valence-electron chi connectivity index (χ0n) is 13.1. The van der Waals surface area contributed by atoms with Crippen molar-refractivity contribution < 1.29 is 4.74 Å². The van der Waals surface area contributed by atoms with Crippen LogP contribution in [0.2, 0.25) is 0 Å². The summed E-state index contributed by atoms with van der Waals surface area (Å²) in [6.45, 7) is 10.8. The quantitative estimate of drug-likeness (QED) is 0.665. The summed E-state index contributed by atoms with van der Waals surface area (Å²) in [6, 6.07) is 8.51. The molecule has 1 aliphatic rings. The molecule has 0 unspecified atom stereocenters. The molecule has 1 saturated carbocycles. The molecule has 1 fully saturated rings. The van der Waals surface area contributed by atoms with E-state index in [1.165, 1.54) is 24.8 Å². The summed E-state index contributed by atoms with van der Waals surface area (Å²) >= 11 is 0. The second-order valence-electron chi connectivity index (χ2n) is 6.62. The van der Waals surface area contributed by atoms with Crippen molar-refractivity contribution in [1.29, 1.82) is 0 Å². The van der Waals surface area contributed by atoms with Crippen LogP contribution in [-0.4, -0.2) is 6.10 Å². The van der Waals surface area contributed by atoms with Gasteiger partial charge in [0.05, 0.1) is 0 Å². The lowest BCUT2D eigenvalue weighted by Gasteiger charge is -2.37. The lowest BCUT2D eigenvalue weighted by molar-refractivity contribution is 0.0460. The average molecular weight is 272 g/mol. The molecule has 0 saturated heterocycles. The number of hydrogen-bond acceptors (Lipinski definition) is 1. The maximum atomic E-state index is 6.31. The van der Waals surface area contributed by atoms with Crippen LogP contribution in [0.4, 0.5) is 0 Å². The molecule has 2 rings (SSSR count). The lowest BCUT2D eigenvalue weighted by Crippen LogP contribution is -2.36. The van der Waals surface area contributed by atoms with E-state index in [9.17, 15) is 0 Å². The summed E-state index contributed by atoms with van der Waals surface area (Å²) in [5.74, 6) is 3.20. The second-order valence-corrected chi connectivity index (χ2v) is 6.62. The highest BCUT2D eigenvalue weighted by Crippen LogP contribution is 2.35. The number of ether oxygens (including phenoxy) is 1. The first kappa shape index (κ1) is 15.2. The van der Waals surface area contributed by atoms with Gasteiger partial charge in [0.1, 0.15) is 11.9 Å². The van der Waals surface area contributed by atoms with Crippen LogP contribution in [0, 0.1) is 17.8 Å². The number of hydrogen-bond donors (Lipinski definition) is 0. The van der Waals surface area contributed by atoms with Crippen molar-refractivity contribution in [3.8, 4) is 5.75 Å². The third-order valence-corrected chi connectivity index (χ3v) is 4.55. The summed E-state index contributed by atoms with van der Waals surface area (Å²) in [5, 5.41) is 0. The van der Waals surface area contributed by atoms with Crippen LogP contribution in [0.25, 0.3) is 0 Å². The van der Waals surface area contributed by atoms with Gasteiger partial charge in [-0.3, -0.25) is 0 Å². The molecule has 1 nitrogen and oxygen atoms in total. The first-order chi connectivity index (χ1) is 9.60. The van der Waals surface area contributed by atoms with Gasteiger partial charge in [0.25, 0.3) is 0 Å². The largest absolute Gasteiger partial charge is 0.490 e. The molecule has 0 radical (unpaired) electrons. The van der Waals surface area contributed by atoms with Crippen LogP contribution in [-0.2, 0) is 6.42 Å². The van der Waals surface area contributed by atoms with Gasteiger partial charge in [-0.05, 0) is 54.7 Å². The number of rotatable bonds is 5. The molecule has 1 heteroatoms. The Morgan fingerprint density at radius 2 is 1.95 bits per heavy atom. The molecule has 0 N–H and O–H groups in total. The average Bonchev–Trinajstić information content (AvgIpc) is 2.41. The summed E-state index contributed by atoms with van der Waals surface area (Å²) < 4.78 is 6.31. The molecule has 20 heavy (non-hydrogen) atoms. The predicted octanol–water partition coefficient (Wildman–Crippen LogP) is 5.25. The van der Waals surface area contributed by atoms with Crippen LogP contribution in [0.15, 0.2) is 36.9 Å². The third kappa shape index (κ3) is 3.88. The maximum absolute atomic E-state index is 6.31. The molecular formula is C19H28O. The van der Waals surface area contributed by atoms with E-state index in [0.717, 1.165) is 18.1 Å². The minimum absolute atomic E-state index is 0.379. The minimum Gasteiger partial charge on any atom is -0.490 e. The van der Waals surface area contributed by atoms with Gasteiger partial charge in [-0.25, -0.2) is 0 Å². The van der Waals surface area contributed by atoms with Crippen LogP contribution in [0.3, 0.4) is 0 Å². The monoisotopic (exact) mass is 272 g/mol. The van der Waals surface area contributed by atoms with E-state index in [0.29, 0.717) is 17.9 Å². The highest BCUT2D eigenvalue weighted by atomic mass is 16.5. The van der Waals surface area contributed by atoms with E-state index in [1.807, 2.05) is 6.08 Å². The van der Waals surface area contributed by atoms with Gasteiger partial charge < -0.3 is 4.74 Å². The van der Waals surface area contributed by atoms with Crippen molar-refractivity contribution in [2.24, 2.45) is 17.8 Å². The van der Waals surface area contributed by atoms with Crippen molar-refractivity contribution >= 4 is 0 Å². The molecule has 0 bridgehead atoms. The number of benzene rings is 1. The molecular weight excluding hydrogens is 244 g/mol. The fourth-order valence-electron chi connectivity index (χ4n) is 3.30. The summed E-state index contributed by atoms with van der Waals surface area (Å²) in [6.07, 6.45) is 7.09. The van der Waals surface area contributed by atoms with E-state index in [2.05, 4.69) is 51.6 Å². The van der Waals surface area contributed by atoms with E-state index in [4.69, 9.17) is 4.74 Å². The van der Waals surface area contributed by atoms with Crippen LogP contribution in [0.5, 0.6) is 5.75 Å². The van der Waals surface area contributed by atoms with Crippen molar-refractivity contribution in [3.63, 3.8) is 0 Å². The van der Waals surface area contributed by atoms with Crippen molar-refractivity contribution in [2.75, 3.05) is 0 Å². The molecule has 0 spiro atoms. The Morgan fingerprint density at radius 1 is 1.25 bits per heavy atom. The summed E-state index contributed by atoms with van der Waals surface area (Å²) in [5.41, 5.74) is 1.30. The van der Waals surface area contributed by atoms with Crippen molar-refractivity contribution in [2.45, 2.75) is 52.6 Å². The Bertz CT molecular complexity index is 418. The van der Waals surface area contributed by atoms with Gasteiger partial charge in [-0.2, -0.15) is 0 Å². The Balaban J connectivity index is 2.03. The van der Waals surface area contributed by atoms with Gasteiger partial charge in [-0.1, -0.05) is 45.4 Å². The molecule has 3 atom stereocenters. The molecule has 0 aromatic heterocycles. The third-order valence-electron chi connectivity index (χ3n) is 4.55. The van der Waals surface area contributed by atoms with Crippen LogP contribution < -0.4 is 4.74 Å². The second kappa shape index (κ2) is 6.97. The lowest BCUT2D eigenvalue weighted by atomic mass is 9.75. The maximum Gasteiger partial charge on any atom is 0.119 e. The summed E-state index contributed by atoms with van der Waals surface area (Å²) in [7, 11) is 0. The van der Waals surface area contributed by atoms with Gasteiger partial charge in [0, 0.05) is 0 Å². The van der Waals surface area contributed by atoms with E-state index in [-0.39, 0.29) is 0 Å². The van der Waals surface area contributed by atoms with E-state index >= 15 is 0 Å². The SMILES string of the molecule is C=CCc1ccc(O[C@H]2C[C@@H](C)CC[C@@H]2C(C)C)cc1. The Kier molecular flexibility index (Phi) is 5.28. The highest BCUT2D eigenvalue weighted by Gasteiger charge is 2.32. The molecule has 0 amide bonds. The van der Waals surface area contributed by atoms with Crippen molar-refractivity contribution in [1.82, 2.24) is 0 Å². The Morgan fingerprint density at radius 3 is 2.55 bits per heavy atom. The molecule has 1 aromatic rings. The predicted molar refractivity (Wildman–Crippen MR) is 86.1 cm³/mol. The highest BCUT2D eigenvalue weighted by molar-refractivity contribution is 5.28. The number of allylic oxidation sites excluding steroid dienone is 1. The normalized spacial score (nSPS) is 26.5. The fourth-order valence-corrected chi connectivity index (χ4v) is 3.30. The van der Waals surface area contributed by atoms with Gasteiger partial charge in [0.2, 0.25) is 0 Å². The van der Waals surface area contributed by atoms with Crippen LogP contribution >= 0.6 is 0 Å². The first-order valence-corrected chi connectivity index (χ1v) is 7.96. The minimum atomic E-state index is 0.379. The molecule has 0 aliphatic heterocycles. The Labute approximate surface area is 124 Å². The summed E-state index contributed by atoms with van der Waals surface area (Å²) in [4.78, 5) is 0. The van der Waals surface area contributed by atoms with Gasteiger partial charge in [0.15, 0.2) is 0 Å². The topological polar surface area (TPSA) is 9.23 Å². The fraction of sp³-hybridized carbons (Fsp3) is 0.579.